The van der Waals surface area contributed by atoms with Crippen LogP contribution in [0.1, 0.15) is 39.1 Å². The monoisotopic (exact) mass is 513 g/mol. The molecular formula is C26H31N3O8. The van der Waals surface area contributed by atoms with Gasteiger partial charge in [0.2, 0.25) is 5.91 Å². The van der Waals surface area contributed by atoms with Gasteiger partial charge in [-0.1, -0.05) is 0 Å². The van der Waals surface area contributed by atoms with Crippen LogP contribution in [0.5, 0.6) is 5.75 Å². The van der Waals surface area contributed by atoms with Gasteiger partial charge in [0.05, 0.1) is 17.5 Å². The molecule has 3 aliphatic rings. The van der Waals surface area contributed by atoms with E-state index in [1.165, 1.54) is 31.1 Å². The van der Waals surface area contributed by atoms with Crippen LogP contribution in [0.4, 0.5) is 0 Å². The summed E-state index contributed by atoms with van der Waals surface area (Å²) in [6.45, 7) is 0.470. The van der Waals surface area contributed by atoms with Crippen molar-refractivity contribution in [2.75, 3.05) is 34.7 Å². The predicted molar refractivity (Wildman–Crippen MR) is 129 cm³/mol. The second-order valence-corrected chi connectivity index (χ2v) is 10.8. The number of nitrogens with zero attached hydrogens (tertiary/aromatic N) is 2. The normalized spacial score (nSPS) is 31.3. The lowest BCUT2D eigenvalue weighted by Crippen LogP contribution is -2.74. The molecule has 2 unspecified atom stereocenters. The number of carbonyl (C=O) groups excluding carboxylic acids is 6. The molecular weight excluding hydrogens is 482 g/mol. The minimum atomic E-state index is -2.77. The number of primary amides is 1. The predicted octanol–water partition coefficient (Wildman–Crippen LogP) is -0.999. The number of likely N-dealkylation sites (N-methyl/N-ethyl adjacent to an activating group) is 1. The summed E-state index contributed by atoms with van der Waals surface area (Å²) < 4.78 is 0. The molecule has 6 atom stereocenters. The average Bonchev–Trinajstić information content (AvgIpc) is 2.79. The molecule has 0 saturated heterocycles. The SMILES string of the molecule is CN(C)CCC(=O)c1ccc(O)c2c1C[C@@H]1C[C@@H]3[C@@H](N(C)C)C(=O)C(C(N)=O)C(=O)[C@]3(O)C(=O)C1C2=O. The molecule has 0 aliphatic heterocycles. The summed E-state index contributed by atoms with van der Waals surface area (Å²) in [6, 6.07) is 1.50. The molecule has 0 spiro atoms. The number of nitrogens with two attached hydrogens (primary N) is 1. The zero-order valence-corrected chi connectivity index (χ0v) is 21.2. The van der Waals surface area contributed by atoms with Gasteiger partial charge in [0.1, 0.15) is 5.75 Å². The van der Waals surface area contributed by atoms with Crippen LogP contribution in [0, 0.1) is 23.7 Å². The highest BCUT2D eigenvalue weighted by molar-refractivity contribution is 6.32. The fraction of sp³-hybridized carbons (Fsp3) is 0.538. The van der Waals surface area contributed by atoms with Gasteiger partial charge in [-0.3, -0.25) is 33.7 Å². The van der Waals surface area contributed by atoms with Crippen LogP contribution in [-0.4, -0.2) is 101 Å². The van der Waals surface area contributed by atoms with E-state index in [0.29, 0.717) is 12.1 Å². The maximum Gasteiger partial charge on any atom is 0.235 e. The molecule has 1 aromatic rings. The van der Waals surface area contributed by atoms with Gasteiger partial charge in [0, 0.05) is 24.4 Å². The third-order valence-corrected chi connectivity index (χ3v) is 8.03. The van der Waals surface area contributed by atoms with Crippen molar-refractivity contribution < 1.29 is 39.0 Å². The average molecular weight is 514 g/mol. The number of rotatable bonds is 6. The highest BCUT2D eigenvalue weighted by atomic mass is 16.3. The van der Waals surface area contributed by atoms with Crippen molar-refractivity contribution in [3.05, 3.63) is 28.8 Å². The number of fused-ring (bicyclic) bond motifs is 3. The Bertz CT molecular complexity index is 1240. The van der Waals surface area contributed by atoms with Crippen molar-refractivity contribution in [1.82, 2.24) is 9.80 Å². The Hall–Kier alpha value is -3.28. The Balaban J connectivity index is 1.82. The van der Waals surface area contributed by atoms with Crippen molar-refractivity contribution in [2.24, 2.45) is 29.4 Å². The number of carbonyl (C=O) groups is 6. The van der Waals surface area contributed by atoms with Crippen molar-refractivity contribution >= 4 is 34.8 Å². The van der Waals surface area contributed by atoms with Crippen LogP contribution in [0.3, 0.4) is 0 Å². The van der Waals surface area contributed by atoms with Crippen molar-refractivity contribution in [3.8, 4) is 5.75 Å². The van der Waals surface area contributed by atoms with Crippen LogP contribution in [0.25, 0.3) is 0 Å². The highest BCUT2D eigenvalue weighted by Gasteiger charge is 2.69. The van der Waals surface area contributed by atoms with E-state index in [2.05, 4.69) is 0 Å². The van der Waals surface area contributed by atoms with Crippen LogP contribution in [0.15, 0.2) is 12.1 Å². The maximum absolute atomic E-state index is 13.8. The van der Waals surface area contributed by atoms with Gasteiger partial charge in [-0.05, 0) is 64.6 Å². The van der Waals surface area contributed by atoms with Crippen molar-refractivity contribution in [1.29, 1.82) is 0 Å². The smallest absolute Gasteiger partial charge is 0.235 e. The summed E-state index contributed by atoms with van der Waals surface area (Å²) in [5, 5.41) is 22.1. The van der Waals surface area contributed by atoms with Gasteiger partial charge >= 0.3 is 0 Å². The fourth-order valence-electron chi connectivity index (χ4n) is 6.33. The van der Waals surface area contributed by atoms with Crippen LogP contribution in [-0.2, 0) is 25.6 Å². The van der Waals surface area contributed by atoms with Crippen LogP contribution >= 0.6 is 0 Å². The molecule has 37 heavy (non-hydrogen) atoms. The molecule has 1 amide bonds. The number of hydrogen-bond acceptors (Lipinski definition) is 10. The summed E-state index contributed by atoms with van der Waals surface area (Å²) in [5.41, 5.74) is 2.94. The third kappa shape index (κ3) is 3.92. The first-order valence-electron chi connectivity index (χ1n) is 12.1. The number of aliphatic hydroxyl groups is 1. The Morgan fingerprint density at radius 3 is 2.30 bits per heavy atom. The lowest BCUT2D eigenvalue weighted by molar-refractivity contribution is -0.181. The number of Topliss-reactive ketones (excluding diaryl/α,β-unsaturated/α-hetero) is 5. The van der Waals surface area contributed by atoms with E-state index in [0.717, 1.165) is 0 Å². The molecule has 11 nitrogen and oxygen atoms in total. The molecule has 0 aromatic heterocycles. The lowest BCUT2D eigenvalue weighted by atomic mass is 9.52. The third-order valence-electron chi connectivity index (χ3n) is 8.03. The number of phenolic OH excluding ortho intramolecular Hbond substituents is 1. The minimum absolute atomic E-state index is 0.0588. The van der Waals surface area contributed by atoms with Gasteiger partial charge in [0.15, 0.2) is 40.4 Å². The number of hydrogen-bond donors (Lipinski definition) is 3. The van der Waals surface area contributed by atoms with E-state index in [4.69, 9.17) is 5.73 Å². The molecule has 198 valence electrons. The second-order valence-electron chi connectivity index (χ2n) is 10.8. The van der Waals surface area contributed by atoms with Gasteiger partial charge in [-0.25, -0.2) is 0 Å². The summed E-state index contributed by atoms with van der Waals surface area (Å²) in [6.07, 6.45) is 0.169. The molecule has 4 N–H and O–H groups in total. The molecule has 2 fully saturated rings. The Kier molecular flexibility index (Phi) is 6.68. The minimum Gasteiger partial charge on any atom is -0.507 e. The van der Waals surface area contributed by atoms with Gasteiger partial charge in [-0.15, -0.1) is 0 Å². The summed E-state index contributed by atoms with van der Waals surface area (Å²) in [5.74, 6) is -11.4. The van der Waals surface area contributed by atoms with E-state index in [9.17, 15) is 39.0 Å². The second kappa shape index (κ2) is 9.23. The molecule has 0 radical (unpaired) electrons. The first-order valence-corrected chi connectivity index (χ1v) is 12.1. The largest absolute Gasteiger partial charge is 0.507 e. The quantitative estimate of drug-likeness (QED) is 0.316. The number of benzene rings is 1. The number of phenols is 1. The van der Waals surface area contributed by atoms with E-state index < -0.39 is 70.1 Å². The molecule has 0 heterocycles. The van der Waals surface area contributed by atoms with Gasteiger partial charge in [-0.2, -0.15) is 0 Å². The number of amides is 1. The standard InChI is InChI=1S/C26H31N3O8/c1-28(2)8-7-15(30)12-5-6-16(31)18-13(12)9-11-10-14-20(29(3)4)22(33)19(25(27)36)24(35)26(14,37)23(34)17(11)21(18)32/h5-6,11,14,17,19-20,31,37H,7-10H2,1-4H3,(H2,27,36)/t11-,14-,17?,19?,20-,26-/m1/s1. The van der Waals surface area contributed by atoms with Crippen LogP contribution < -0.4 is 5.73 Å². The van der Waals surface area contributed by atoms with Crippen LogP contribution in [0.2, 0.25) is 0 Å². The van der Waals surface area contributed by atoms with E-state index in [1.807, 2.05) is 19.0 Å². The van der Waals surface area contributed by atoms with Crippen molar-refractivity contribution in [3.63, 3.8) is 0 Å². The topological polar surface area (TPSA) is 175 Å². The Labute approximate surface area is 213 Å². The Morgan fingerprint density at radius 2 is 1.73 bits per heavy atom. The maximum atomic E-state index is 13.8. The molecule has 0 bridgehead atoms. The van der Waals surface area contributed by atoms with E-state index in [1.54, 1.807) is 0 Å². The fourth-order valence-corrected chi connectivity index (χ4v) is 6.33. The molecule has 3 aliphatic carbocycles. The molecule has 4 rings (SSSR count). The van der Waals surface area contributed by atoms with E-state index >= 15 is 0 Å². The van der Waals surface area contributed by atoms with Gasteiger partial charge < -0.3 is 20.8 Å². The van der Waals surface area contributed by atoms with Gasteiger partial charge in [0.25, 0.3) is 0 Å². The number of aromatic hydroxyl groups is 1. The van der Waals surface area contributed by atoms with E-state index in [-0.39, 0.29) is 36.2 Å². The zero-order chi connectivity index (χ0) is 27.6. The summed E-state index contributed by atoms with van der Waals surface area (Å²) in [7, 11) is 6.68. The molecule has 1 aromatic carbocycles. The van der Waals surface area contributed by atoms with Crippen molar-refractivity contribution in [2.45, 2.75) is 30.9 Å². The number of ketones is 5. The first-order chi connectivity index (χ1) is 17.2. The first kappa shape index (κ1) is 26.8. The highest BCUT2D eigenvalue weighted by Crippen LogP contribution is 2.51. The lowest BCUT2D eigenvalue weighted by Gasteiger charge is -2.52. The molecule has 2 saturated carbocycles. The zero-order valence-electron chi connectivity index (χ0n) is 21.2. The Morgan fingerprint density at radius 1 is 1.08 bits per heavy atom. The summed E-state index contributed by atoms with van der Waals surface area (Å²) in [4.78, 5) is 82.1. The summed E-state index contributed by atoms with van der Waals surface area (Å²) >= 11 is 0. The molecule has 11 heteroatoms.